The minimum atomic E-state index is -1.19. The van der Waals surface area contributed by atoms with Crippen molar-refractivity contribution in [3.05, 3.63) is 150 Å². The lowest BCUT2D eigenvalue weighted by molar-refractivity contribution is -0.156. The van der Waals surface area contributed by atoms with Crippen LogP contribution >= 0.6 is 0 Å². The molecule has 15 atom stereocenters. The summed E-state index contributed by atoms with van der Waals surface area (Å²) in [5, 5.41) is 2.83. The molecule has 3 aliphatic heterocycles. The standard InChI is InChI=1S/C72H94N4O13/c1-45(29-30-47(3)44-83-61-27-17-25-59(73)70(79)84-49(5)57(61)41-51-19-11-8-12-20-51)33-37-56-48(4)86-72(81)66(74)53(34-38-63(56)87-54-23-15-10-16-24-54)43-65(77)89-68-64(82-7)39-40-75-67(68)69(78)76-60-26-18-28-62(88-55-35-31-46(2)32-36-55)58(50(6)85-71(60)80)42-52-21-13-9-14-22-52/h8-16,19-24,31-32,35-36,39-40,45,47-50,53,56-63,66H,17-18,25-30,33-34,37-38,41-44,73-74H2,1-7H3,(H,76,78). The van der Waals surface area contributed by atoms with Crippen LogP contribution in [-0.4, -0.2) is 103 Å². The average Bonchev–Trinajstić information content (AvgIpc) is 2.99. The maximum Gasteiger partial charge on any atom is 0.328 e. The first-order chi connectivity index (χ1) is 42.9. The molecule has 3 fully saturated rings. The van der Waals surface area contributed by atoms with Crippen LogP contribution in [-0.2, 0) is 51.0 Å². The van der Waals surface area contributed by atoms with E-state index >= 15 is 0 Å². The summed E-state index contributed by atoms with van der Waals surface area (Å²) in [7, 11) is 1.38. The monoisotopic (exact) mass is 1220 g/mol. The molecule has 8 rings (SSSR count). The Balaban J connectivity index is 0.900. The number of carbonyl (C=O) groups excluding carboxylic acids is 5. The molecule has 1 aromatic heterocycles. The molecule has 89 heavy (non-hydrogen) atoms. The van der Waals surface area contributed by atoms with Crippen molar-refractivity contribution < 1.29 is 61.9 Å². The lowest BCUT2D eigenvalue weighted by atomic mass is 9.83. The predicted octanol–water partition coefficient (Wildman–Crippen LogP) is 11.5. The molecule has 17 heteroatoms. The highest BCUT2D eigenvalue weighted by atomic mass is 16.6. The molecule has 0 aliphatic carbocycles. The lowest BCUT2D eigenvalue weighted by Gasteiger charge is -2.33. The number of aromatic nitrogens is 1. The summed E-state index contributed by atoms with van der Waals surface area (Å²) in [5.74, 6) is -2.63. The summed E-state index contributed by atoms with van der Waals surface area (Å²) in [4.78, 5) is 73.9. The Morgan fingerprint density at radius 3 is 1.82 bits per heavy atom. The van der Waals surface area contributed by atoms with Gasteiger partial charge in [0.25, 0.3) is 5.91 Å². The number of hydrogen-bond donors (Lipinski definition) is 3. The first kappa shape index (κ1) is 67.6. The van der Waals surface area contributed by atoms with Crippen molar-refractivity contribution in [2.45, 2.75) is 193 Å². The molecule has 0 saturated carbocycles. The summed E-state index contributed by atoms with van der Waals surface area (Å²) in [5.41, 5.74) is 16.0. The number of nitrogens with one attached hydrogen (secondary N) is 1. The Kier molecular flexibility index (Phi) is 25.4. The molecule has 0 radical (unpaired) electrons. The van der Waals surface area contributed by atoms with Crippen LogP contribution in [0.2, 0.25) is 0 Å². The molecule has 3 saturated heterocycles. The topological polar surface area (TPSA) is 236 Å². The number of amides is 1. The minimum absolute atomic E-state index is 0.0284. The van der Waals surface area contributed by atoms with Gasteiger partial charge in [0.2, 0.25) is 5.75 Å². The van der Waals surface area contributed by atoms with Gasteiger partial charge in [0.1, 0.15) is 60.1 Å². The predicted molar refractivity (Wildman–Crippen MR) is 339 cm³/mol. The highest BCUT2D eigenvalue weighted by Gasteiger charge is 2.41. The Bertz CT molecular complexity index is 3030. The lowest BCUT2D eigenvalue weighted by Crippen LogP contribution is -2.44. The number of aryl methyl sites for hydroxylation is 1. The zero-order valence-corrected chi connectivity index (χ0v) is 53.0. The van der Waals surface area contributed by atoms with E-state index in [0.717, 1.165) is 49.7 Å². The second-order valence-corrected chi connectivity index (χ2v) is 25.2. The Morgan fingerprint density at radius 2 is 1.17 bits per heavy atom. The van der Waals surface area contributed by atoms with Crippen molar-refractivity contribution in [2.24, 2.45) is 47.0 Å². The first-order valence-corrected chi connectivity index (χ1v) is 32.2. The molecule has 4 heterocycles. The molecule has 4 aromatic carbocycles. The van der Waals surface area contributed by atoms with Gasteiger partial charge in [-0.1, -0.05) is 123 Å². The van der Waals surface area contributed by atoms with Crippen LogP contribution in [0.25, 0.3) is 0 Å². The number of hydrogen-bond acceptors (Lipinski definition) is 16. The van der Waals surface area contributed by atoms with Crippen LogP contribution < -0.4 is 35.7 Å². The van der Waals surface area contributed by atoms with Gasteiger partial charge in [-0.2, -0.15) is 0 Å². The maximum atomic E-state index is 14.4. The number of nitrogens with zero attached hydrogens (tertiary/aromatic N) is 1. The zero-order chi connectivity index (χ0) is 63.4. The van der Waals surface area contributed by atoms with Crippen molar-refractivity contribution in [3.63, 3.8) is 0 Å². The molecular weight excluding hydrogens is 1130 g/mol. The Hall–Kier alpha value is -7.34. The van der Waals surface area contributed by atoms with E-state index in [0.29, 0.717) is 69.0 Å². The molecule has 1 amide bonds. The fourth-order valence-corrected chi connectivity index (χ4v) is 12.8. The van der Waals surface area contributed by atoms with Gasteiger partial charge in [-0.05, 0) is 158 Å². The Morgan fingerprint density at radius 1 is 0.618 bits per heavy atom. The number of para-hydroxylation sites is 1. The summed E-state index contributed by atoms with van der Waals surface area (Å²) in [6.07, 6.45) is 7.58. The number of cyclic esters (lactones) is 3. The molecule has 0 bridgehead atoms. The number of rotatable bonds is 23. The second kappa shape index (κ2) is 33.5. The van der Waals surface area contributed by atoms with Gasteiger partial charge in [0.15, 0.2) is 11.4 Å². The Labute approximate surface area is 526 Å². The van der Waals surface area contributed by atoms with E-state index in [-0.39, 0.29) is 78.0 Å². The number of methoxy groups -OCH3 is 1. The summed E-state index contributed by atoms with van der Waals surface area (Å²) >= 11 is 0. The molecule has 3 aliphatic rings. The normalized spacial score (nSPS) is 27.0. The van der Waals surface area contributed by atoms with E-state index in [2.05, 4.69) is 36.3 Å². The largest absolute Gasteiger partial charge is 0.493 e. The van der Waals surface area contributed by atoms with Gasteiger partial charge < -0.3 is 54.7 Å². The molecule has 5 aromatic rings. The van der Waals surface area contributed by atoms with Gasteiger partial charge in [0, 0.05) is 36.6 Å². The van der Waals surface area contributed by atoms with Crippen LogP contribution in [0.1, 0.15) is 145 Å². The number of ether oxygens (including phenoxy) is 8. The van der Waals surface area contributed by atoms with Crippen molar-refractivity contribution in [1.82, 2.24) is 10.3 Å². The van der Waals surface area contributed by atoms with E-state index < -0.39 is 66.2 Å². The quantitative estimate of drug-likeness (QED) is 0.0407. The third-order valence-corrected chi connectivity index (χ3v) is 18.3. The van der Waals surface area contributed by atoms with E-state index in [1.54, 1.807) is 0 Å². The number of carbonyl (C=O) groups is 5. The molecule has 0 spiro atoms. The number of nitrogens with two attached hydrogens (primary N) is 2. The van der Waals surface area contributed by atoms with E-state index in [9.17, 15) is 24.0 Å². The fourth-order valence-electron chi connectivity index (χ4n) is 12.8. The van der Waals surface area contributed by atoms with Crippen LogP contribution in [0.3, 0.4) is 0 Å². The minimum Gasteiger partial charge on any atom is -0.493 e. The van der Waals surface area contributed by atoms with Gasteiger partial charge in [0.05, 0.1) is 19.6 Å². The SMILES string of the molecule is COc1ccnc(C(=O)NC2CCCC(Oc3ccc(C)cc3)C(Cc3ccccc3)C(C)OC2=O)c1OC(=O)CC1CCC(Oc2ccccc2)C(CCC(C)CCC(C)COC2CCCC(N)C(=O)OC(C)C2Cc2ccccc2)C(C)OC(=O)C1N. The van der Waals surface area contributed by atoms with Gasteiger partial charge >= 0.3 is 23.9 Å². The van der Waals surface area contributed by atoms with Gasteiger partial charge in [-0.3, -0.25) is 19.2 Å². The van der Waals surface area contributed by atoms with Crippen molar-refractivity contribution >= 4 is 29.8 Å². The average molecular weight is 1220 g/mol. The van der Waals surface area contributed by atoms with E-state index in [1.165, 1.54) is 24.9 Å². The summed E-state index contributed by atoms with van der Waals surface area (Å²) in [6, 6.07) is 36.2. The maximum absolute atomic E-state index is 14.4. The van der Waals surface area contributed by atoms with Crippen LogP contribution in [0.5, 0.6) is 23.0 Å². The van der Waals surface area contributed by atoms with Gasteiger partial charge in [-0.15, -0.1) is 0 Å². The third-order valence-electron chi connectivity index (χ3n) is 18.3. The first-order valence-electron chi connectivity index (χ1n) is 32.2. The zero-order valence-electron chi connectivity index (χ0n) is 53.0. The van der Waals surface area contributed by atoms with E-state index in [4.69, 9.17) is 49.4 Å². The highest BCUT2D eigenvalue weighted by Crippen LogP contribution is 2.37. The molecule has 480 valence electrons. The number of benzene rings is 4. The number of pyridine rings is 1. The molecule has 17 nitrogen and oxygen atoms in total. The van der Waals surface area contributed by atoms with Crippen LogP contribution in [0.4, 0.5) is 0 Å². The summed E-state index contributed by atoms with van der Waals surface area (Å²) in [6.45, 7) is 12.7. The third kappa shape index (κ3) is 19.8. The van der Waals surface area contributed by atoms with Crippen molar-refractivity contribution in [3.8, 4) is 23.0 Å². The van der Waals surface area contributed by atoms with Crippen LogP contribution in [0.15, 0.2) is 128 Å². The molecule has 5 N–H and O–H groups in total. The smallest absolute Gasteiger partial charge is 0.328 e. The number of esters is 4. The summed E-state index contributed by atoms with van der Waals surface area (Å²) < 4.78 is 50.1. The van der Waals surface area contributed by atoms with Crippen molar-refractivity contribution in [2.75, 3.05) is 13.7 Å². The molecular formula is C72H94N4O13. The van der Waals surface area contributed by atoms with Crippen LogP contribution in [0, 0.1) is 42.4 Å². The van der Waals surface area contributed by atoms with Crippen molar-refractivity contribution in [1.29, 1.82) is 0 Å². The van der Waals surface area contributed by atoms with Gasteiger partial charge in [-0.25, -0.2) is 9.78 Å². The fraction of sp³-hybridized carbons (Fsp3) is 0.528. The highest BCUT2D eigenvalue weighted by molar-refractivity contribution is 5.99. The second-order valence-electron chi connectivity index (χ2n) is 25.2. The molecule has 15 unspecified atom stereocenters. The van der Waals surface area contributed by atoms with E-state index in [1.807, 2.05) is 131 Å².